The predicted octanol–water partition coefficient (Wildman–Crippen LogP) is 2.80. The lowest BCUT2D eigenvalue weighted by atomic mass is 10.1. The number of carbonyl (C=O) groups is 2. The van der Waals surface area contributed by atoms with Gasteiger partial charge in [0, 0.05) is 0 Å². The van der Waals surface area contributed by atoms with Crippen molar-refractivity contribution in [2.24, 2.45) is 0 Å². The van der Waals surface area contributed by atoms with Crippen LogP contribution in [0, 0.1) is 0 Å². The van der Waals surface area contributed by atoms with Gasteiger partial charge in [0.2, 0.25) is 9.84 Å². The van der Waals surface area contributed by atoms with E-state index in [0.29, 0.717) is 6.07 Å². The molecule has 0 fully saturated rings. The Bertz CT molecular complexity index is 1030. The van der Waals surface area contributed by atoms with Crippen LogP contribution < -0.4 is 5.32 Å². The summed E-state index contributed by atoms with van der Waals surface area (Å²) in [6.45, 7) is 0. The molecule has 2 aromatic carbocycles. The number of rotatable bonds is 1. The Labute approximate surface area is 138 Å². The van der Waals surface area contributed by atoms with E-state index < -0.39 is 54.5 Å². The van der Waals surface area contributed by atoms with Crippen molar-refractivity contribution < 1.29 is 36.3 Å². The van der Waals surface area contributed by atoms with Crippen molar-refractivity contribution in [1.29, 1.82) is 0 Å². The summed E-state index contributed by atoms with van der Waals surface area (Å²) in [6.07, 6.45) is -5.09. The SMILES string of the molecule is O=C(O)c1cc2c(cc1C(F)(F)F)S(=O)(=O)c1ccccc1C(=O)N2. The van der Waals surface area contributed by atoms with Crippen molar-refractivity contribution in [3.05, 3.63) is 53.1 Å². The van der Waals surface area contributed by atoms with Crippen LogP contribution in [0.15, 0.2) is 46.2 Å². The third-order valence-electron chi connectivity index (χ3n) is 3.61. The molecule has 2 aromatic rings. The minimum atomic E-state index is -5.09. The highest BCUT2D eigenvalue weighted by molar-refractivity contribution is 7.91. The third-order valence-corrected chi connectivity index (χ3v) is 5.47. The molecule has 0 aromatic heterocycles. The number of aromatic carboxylic acids is 1. The molecule has 0 bridgehead atoms. The highest BCUT2D eigenvalue weighted by Gasteiger charge is 2.40. The zero-order valence-corrected chi connectivity index (χ0v) is 12.9. The number of hydrogen-bond donors (Lipinski definition) is 2. The topological polar surface area (TPSA) is 101 Å². The molecule has 0 saturated carbocycles. The van der Waals surface area contributed by atoms with E-state index in [1.54, 1.807) is 0 Å². The molecule has 1 amide bonds. The minimum Gasteiger partial charge on any atom is -0.478 e. The van der Waals surface area contributed by atoms with Gasteiger partial charge < -0.3 is 10.4 Å². The minimum absolute atomic E-state index is 0.233. The summed E-state index contributed by atoms with van der Waals surface area (Å²) in [4.78, 5) is 22.0. The molecule has 6 nitrogen and oxygen atoms in total. The standard InChI is InChI=1S/C15H8F3NO5S/c16-15(17,18)9-6-12-10(5-8(9)14(21)22)19-13(20)7-3-1-2-4-11(7)25(12,23)24/h1-6H,(H,19,20)(H,21,22). The van der Waals surface area contributed by atoms with Crippen LogP contribution in [0.25, 0.3) is 0 Å². The first-order valence-electron chi connectivity index (χ1n) is 6.67. The Kier molecular flexibility index (Phi) is 3.60. The maximum atomic E-state index is 13.2. The largest absolute Gasteiger partial charge is 0.478 e. The van der Waals surface area contributed by atoms with Gasteiger partial charge in [-0.1, -0.05) is 12.1 Å². The fourth-order valence-corrected chi connectivity index (χ4v) is 4.13. The van der Waals surface area contributed by atoms with E-state index in [4.69, 9.17) is 5.11 Å². The number of benzene rings is 2. The van der Waals surface area contributed by atoms with Gasteiger partial charge in [0.05, 0.1) is 32.2 Å². The number of sulfone groups is 1. The van der Waals surface area contributed by atoms with Crippen molar-refractivity contribution in [3.63, 3.8) is 0 Å². The average Bonchev–Trinajstić information content (AvgIpc) is 2.60. The van der Waals surface area contributed by atoms with Crippen LogP contribution in [0.3, 0.4) is 0 Å². The maximum absolute atomic E-state index is 13.2. The molecule has 0 atom stereocenters. The third kappa shape index (κ3) is 2.64. The number of nitrogens with one attached hydrogen (secondary N) is 1. The molecule has 0 spiro atoms. The average molecular weight is 371 g/mol. The summed E-state index contributed by atoms with van der Waals surface area (Å²) in [7, 11) is -4.47. The molecule has 1 aliphatic rings. The molecule has 0 aliphatic carbocycles. The molecule has 1 aliphatic heterocycles. The lowest BCUT2D eigenvalue weighted by Gasteiger charge is -2.15. The summed E-state index contributed by atoms with van der Waals surface area (Å²) in [6, 6.07) is 5.76. The van der Waals surface area contributed by atoms with E-state index >= 15 is 0 Å². The fraction of sp³-hybridized carbons (Fsp3) is 0.0667. The van der Waals surface area contributed by atoms with Crippen LogP contribution >= 0.6 is 0 Å². The number of carbonyl (C=O) groups excluding carboxylic acids is 1. The monoisotopic (exact) mass is 371 g/mol. The Balaban J connectivity index is 2.41. The molecular weight excluding hydrogens is 363 g/mol. The number of amides is 1. The van der Waals surface area contributed by atoms with Crippen molar-refractivity contribution in [2.45, 2.75) is 16.0 Å². The van der Waals surface area contributed by atoms with Crippen LogP contribution in [-0.4, -0.2) is 25.4 Å². The number of alkyl halides is 3. The zero-order chi connectivity index (χ0) is 18.6. The molecule has 0 unspecified atom stereocenters. The van der Waals surface area contributed by atoms with Gasteiger partial charge in [0.25, 0.3) is 5.91 Å². The Morgan fingerprint density at radius 1 is 1.08 bits per heavy atom. The molecule has 2 N–H and O–H groups in total. The number of anilines is 1. The summed E-state index contributed by atoms with van der Waals surface area (Å²) < 4.78 is 64.9. The highest BCUT2D eigenvalue weighted by Crippen LogP contribution is 2.40. The molecule has 10 heteroatoms. The number of carboxylic acid groups (broad SMARTS) is 1. The first-order valence-corrected chi connectivity index (χ1v) is 8.16. The summed E-state index contributed by atoms with van der Waals surface area (Å²) in [5.74, 6) is -2.77. The summed E-state index contributed by atoms with van der Waals surface area (Å²) in [5, 5.41) is 11.2. The lowest BCUT2D eigenvalue weighted by Crippen LogP contribution is -2.16. The van der Waals surface area contributed by atoms with Crippen LogP contribution in [0.2, 0.25) is 0 Å². The number of fused-ring (bicyclic) bond motifs is 2. The molecular formula is C15H8F3NO5S. The summed E-state index contributed by atoms with van der Waals surface area (Å²) in [5.41, 5.74) is -3.54. The predicted molar refractivity (Wildman–Crippen MR) is 78.3 cm³/mol. The summed E-state index contributed by atoms with van der Waals surface area (Å²) >= 11 is 0. The van der Waals surface area contributed by atoms with Gasteiger partial charge >= 0.3 is 12.1 Å². The van der Waals surface area contributed by atoms with Crippen molar-refractivity contribution >= 4 is 27.4 Å². The quantitative estimate of drug-likeness (QED) is 0.803. The number of hydrogen-bond acceptors (Lipinski definition) is 4. The Morgan fingerprint density at radius 3 is 2.32 bits per heavy atom. The van der Waals surface area contributed by atoms with Crippen LogP contribution in [-0.2, 0) is 16.0 Å². The van der Waals surface area contributed by atoms with E-state index in [2.05, 4.69) is 5.32 Å². The van der Waals surface area contributed by atoms with E-state index in [1.807, 2.05) is 0 Å². The second-order valence-electron chi connectivity index (χ2n) is 5.15. The van der Waals surface area contributed by atoms with Gasteiger partial charge in [-0.2, -0.15) is 13.2 Å². The van der Waals surface area contributed by atoms with Gasteiger partial charge in [0.15, 0.2) is 0 Å². The second kappa shape index (κ2) is 5.31. The van der Waals surface area contributed by atoms with Gasteiger partial charge in [-0.25, -0.2) is 13.2 Å². The van der Waals surface area contributed by atoms with Gasteiger partial charge in [-0.3, -0.25) is 4.79 Å². The Hall–Kier alpha value is -2.88. The van der Waals surface area contributed by atoms with Crippen molar-refractivity contribution in [3.8, 4) is 0 Å². The molecule has 3 rings (SSSR count). The van der Waals surface area contributed by atoms with Crippen molar-refractivity contribution in [2.75, 3.05) is 5.32 Å². The smallest absolute Gasteiger partial charge is 0.417 e. The molecule has 0 saturated heterocycles. The van der Waals surface area contributed by atoms with Gasteiger partial charge in [0.1, 0.15) is 0 Å². The molecule has 25 heavy (non-hydrogen) atoms. The van der Waals surface area contributed by atoms with E-state index in [-0.39, 0.29) is 11.6 Å². The van der Waals surface area contributed by atoms with Gasteiger partial charge in [-0.15, -0.1) is 0 Å². The van der Waals surface area contributed by atoms with Gasteiger partial charge in [-0.05, 0) is 24.3 Å². The van der Waals surface area contributed by atoms with Crippen molar-refractivity contribution in [1.82, 2.24) is 0 Å². The fourth-order valence-electron chi connectivity index (χ4n) is 2.51. The first kappa shape index (κ1) is 17.0. The van der Waals surface area contributed by atoms with Crippen LogP contribution in [0.1, 0.15) is 26.3 Å². The second-order valence-corrected chi connectivity index (χ2v) is 7.04. The normalized spacial score (nSPS) is 15.6. The Morgan fingerprint density at radius 2 is 1.72 bits per heavy atom. The maximum Gasteiger partial charge on any atom is 0.417 e. The number of carboxylic acids is 1. The van der Waals surface area contributed by atoms with Crippen LogP contribution in [0.5, 0.6) is 0 Å². The van der Waals surface area contributed by atoms with Crippen LogP contribution in [0.4, 0.5) is 18.9 Å². The zero-order valence-electron chi connectivity index (χ0n) is 12.1. The molecule has 130 valence electrons. The highest BCUT2D eigenvalue weighted by atomic mass is 32.2. The lowest BCUT2D eigenvalue weighted by molar-refractivity contribution is -0.138. The first-order chi connectivity index (χ1) is 11.5. The van der Waals surface area contributed by atoms with E-state index in [0.717, 1.165) is 6.07 Å². The molecule has 0 radical (unpaired) electrons. The van der Waals surface area contributed by atoms with E-state index in [1.165, 1.54) is 18.2 Å². The molecule has 1 heterocycles. The number of halogens is 3. The van der Waals surface area contributed by atoms with E-state index in [9.17, 15) is 31.2 Å².